The zero-order valence-electron chi connectivity index (χ0n) is 12.3. The summed E-state index contributed by atoms with van der Waals surface area (Å²) in [6, 6.07) is 4.65. The minimum atomic E-state index is -0.746. The van der Waals surface area contributed by atoms with Crippen LogP contribution in [0, 0.1) is 23.6 Å². The molecule has 4 heteroatoms. The molecule has 1 aliphatic rings. The van der Waals surface area contributed by atoms with Gasteiger partial charge in [0.2, 0.25) is 0 Å². The Labute approximate surface area is 130 Å². The van der Waals surface area contributed by atoms with Crippen LogP contribution in [0.25, 0.3) is 0 Å². The average Bonchev–Trinajstić information content (AvgIpc) is 2.42. The van der Waals surface area contributed by atoms with Gasteiger partial charge in [-0.05, 0) is 55.2 Å². The van der Waals surface area contributed by atoms with E-state index >= 15 is 0 Å². The van der Waals surface area contributed by atoms with E-state index in [1.165, 1.54) is 6.07 Å². The first-order valence-corrected chi connectivity index (χ1v) is 8.05. The Hall–Kier alpha value is -1.09. The molecule has 1 aromatic rings. The molecule has 3 atom stereocenters. The molecular weight excluding hydrogens is 291 g/mol. The zero-order valence-corrected chi connectivity index (χ0v) is 13.1. The van der Waals surface area contributed by atoms with E-state index in [1.807, 2.05) is 0 Å². The first-order valence-electron chi connectivity index (χ1n) is 7.68. The van der Waals surface area contributed by atoms with Gasteiger partial charge < -0.3 is 5.11 Å². The maximum atomic E-state index is 13.9. The van der Waals surface area contributed by atoms with Crippen molar-refractivity contribution in [3.63, 3.8) is 0 Å². The molecule has 116 valence electrons. The van der Waals surface area contributed by atoms with Crippen LogP contribution in [0.1, 0.15) is 44.6 Å². The van der Waals surface area contributed by atoms with E-state index in [0.717, 1.165) is 25.7 Å². The molecular formula is C17H22ClFO2. The number of hydrogen-bond donors (Lipinski definition) is 1. The number of halogens is 2. The summed E-state index contributed by atoms with van der Waals surface area (Å²) in [6.45, 7) is 2.15. The van der Waals surface area contributed by atoms with Crippen LogP contribution >= 0.6 is 11.6 Å². The van der Waals surface area contributed by atoms with E-state index in [2.05, 4.69) is 6.92 Å². The Kier molecular flexibility index (Phi) is 5.63. The van der Waals surface area contributed by atoms with Crippen molar-refractivity contribution in [2.24, 2.45) is 17.8 Å². The normalized spacial score (nSPS) is 25.8. The molecule has 0 heterocycles. The summed E-state index contributed by atoms with van der Waals surface area (Å²) < 4.78 is 13.9. The fourth-order valence-electron chi connectivity index (χ4n) is 3.55. The summed E-state index contributed by atoms with van der Waals surface area (Å²) in [5.41, 5.74) is 0.577. The lowest BCUT2D eigenvalue weighted by Crippen LogP contribution is -2.32. The second-order valence-electron chi connectivity index (χ2n) is 6.11. The predicted octanol–water partition coefficient (Wildman–Crippen LogP) is 4.94. The van der Waals surface area contributed by atoms with Gasteiger partial charge in [0.15, 0.2) is 0 Å². The molecule has 21 heavy (non-hydrogen) atoms. The lowest BCUT2D eigenvalue weighted by atomic mass is 9.70. The van der Waals surface area contributed by atoms with E-state index < -0.39 is 5.97 Å². The lowest BCUT2D eigenvalue weighted by Gasteiger charge is -2.34. The van der Waals surface area contributed by atoms with Crippen molar-refractivity contribution in [2.75, 3.05) is 0 Å². The smallest absolute Gasteiger partial charge is 0.306 e. The summed E-state index contributed by atoms with van der Waals surface area (Å²) >= 11 is 5.77. The Morgan fingerprint density at radius 2 is 2.19 bits per heavy atom. The molecule has 0 saturated heterocycles. The van der Waals surface area contributed by atoms with Crippen LogP contribution in [0.5, 0.6) is 0 Å². The van der Waals surface area contributed by atoms with Crippen LogP contribution in [-0.2, 0) is 11.2 Å². The molecule has 1 saturated carbocycles. The van der Waals surface area contributed by atoms with Gasteiger partial charge >= 0.3 is 5.97 Å². The van der Waals surface area contributed by atoms with Crippen molar-refractivity contribution in [1.29, 1.82) is 0 Å². The Morgan fingerprint density at radius 1 is 1.43 bits per heavy atom. The van der Waals surface area contributed by atoms with E-state index in [9.17, 15) is 14.3 Å². The molecule has 0 aliphatic heterocycles. The number of benzene rings is 1. The second-order valence-corrected chi connectivity index (χ2v) is 6.55. The summed E-state index contributed by atoms with van der Waals surface area (Å²) in [4.78, 5) is 11.4. The molecule has 1 aromatic carbocycles. The van der Waals surface area contributed by atoms with Crippen molar-refractivity contribution in [2.45, 2.75) is 45.4 Å². The average molecular weight is 313 g/mol. The van der Waals surface area contributed by atoms with Gasteiger partial charge in [0.25, 0.3) is 0 Å². The first kappa shape index (κ1) is 16.3. The number of aliphatic carboxylic acids is 1. The SMILES string of the molecule is CCCC1CCC(C(=O)O)C(Cc2ccc(Cl)cc2F)C1. The van der Waals surface area contributed by atoms with Crippen LogP contribution in [0.2, 0.25) is 5.02 Å². The predicted molar refractivity (Wildman–Crippen MR) is 82.0 cm³/mol. The second kappa shape index (κ2) is 7.26. The molecule has 2 nitrogen and oxygen atoms in total. The fraction of sp³-hybridized carbons (Fsp3) is 0.588. The van der Waals surface area contributed by atoms with Gasteiger partial charge in [-0.15, -0.1) is 0 Å². The molecule has 0 radical (unpaired) electrons. The third-order valence-corrected chi connectivity index (χ3v) is 4.84. The highest BCUT2D eigenvalue weighted by Crippen LogP contribution is 2.38. The molecule has 0 bridgehead atoms. The molecule has 3 unspecified atom stereocenters. The standard InChI is InChI=1S/C17H22ClFO2/c1-2-3-11-4-7-15(17(20)21)13(8-11)9-12-5-6-14(18)10-16(12)19/h5-6,10-11,13,15H,2-4,7-9H2,1H3,(H,20,21). The Morgan fingerprint density at radius 3 is 2.81 bits per heavy atom. The Balaban J connectivity index is 2.13. The zero-order chi connectivity index (χ0) is 15.4. The molecule has 0 aromatic heterocycles. The summed E-state index contributed by atoms with van der Waals surface area (Å²) in [5.74, 6) is -0.837. The highest BCUT2D eigenvalue weighted by Gasteiger charge is 2.35. The van der Waals surface area contributed by atoms with Crippen molar-refractivity contribution >= 4 is 17.6 Å². The van der Waals surface area contributed by atoms with Crippen LogP contribution in [0.15, 0.2) is 18.2 Å². The minimum absolute atomic E-state index is 0.0171. The molecule has 0 spiro atoms. The molecule has 1 N–H and O–H groups in total. The third kappa shape index (κ3) is 4.19. The van der Waals surface area contributed by atoms with Crippen molar-refractivity contribution in [1.82, 2.24) is 0 Å². The highest BCUT2D eigenvalue weighted by molar-refractivity contribution is 6.30. The van der Waals surface area contributed by atoms with Gasteiger partial charge in [-0.1, -0.05) is 37.4 Å². The van der Waals surface area contributed by atoms with Crippen LogP contribution in [-0.4, -0.2) is 11.1 Å². The largest absolute Gasteiger partial charge is 0.481 e. The van der Waals surface area contributed by atoms with Gasteiger partial charge in [0, 0.05) is 5.02 Å². The maximum absolute atomic E-state index is 13.9. The van der Waals surface area contributed by atoms with Gasteiger partial charge in [-0.3, -0.25) is 4.79 Å². The molecule has 2 rings (SSSR count). The van der Waals surface area contributed by atoms with E-state index in [0.29, 0.717) is 29.3 Å². The van der Waals surface area contributed by atoms with Gasteiger partial charge in [0.1, 0.15) is 5.82 Å². The van der Waals surface area contributed by atoms with Crippen molar-refractivity contribution in [3.8, 4) is 0 Å². The summed E-state index contributed by atoms with van der Waals surface area (Å²) in [7, 11) is 0. The molecule has 1 aliphatic carbocycles. The first-order chi connectivity index (χ1) is 10.0. The van der Waals surface area contributed by atoms with E-state index in [4.69, 9.17) is 11.6 Å². The lowest BCUT2D eigenvalue weighted by molar-refractivity contribution is -0.145. The minimum Gasteiger partial charge on any atom is -0.481 e. The quantitative estimate of drug-likeness (QED) is 0.836. The highest BCUT2D eigenvalue weighted by atomic mass is 35.5. The van der Waals surface area contributed by atoms with Crippen molar-refractivity contribution in [3.05, 3.63) is 34.6 Å². The maximum Gasteiger partial charge on any atom is 0.306 e. The molecule has 0 amide bonds. The van der Waals surface area contributed by atoms with Crippen molar-refractivity contribution < 1.29 is 14.3 Å². The van der Waals surface area contributed by atoms with Crippen LogP contribution < -0.4 is 0 Å². The monoisotopic (exact) mass is 312 g/mol. The number of rotatable bonds is 5. The Bertz CT molecular complexity index is 504. The molecule has 1 fully saturated rings. The van der Waals surface area contributed by atoms with E-state index in [-0.39, 0.29) is 17.7 Å². The third-order valence-electron chi connectivity index (χ3n) is 4.60. The topological polar surface area (TPSA) is 37.3 Å². The number of carbonyl (C=O) groups is 1. The van der Waals surface area contributed by atoms with Gasteiger partial charge in [0.05, 0.1) is 5.92 Å². The van der Waals surface area contributed by atoms with Crippen LogP contribution in [0.4, 0.5) is 4.39 Å². The summed E-state index contributed by atoms with van der Waals surface area (Å²) in [5, 5.41) is 9.78. The number of hydrogen-bond acceptors (Lipinski definition) is 1. The van der Waals surface area contributed by atoms with Gasteiger partial charge in [-0.25, -0.2) is 4.39 Å². The van der Waals surface area contributed by atoms with E-state index in [1.54, 1.807) is 12.1 Å². The fourth-order valence-corrected chi connectivity index (χ4v) is 3.71. The summed E-state index contributed by atoms with van der Waals surface area (Å²) in [6.07, 6.45) is 5.30. The number of carboxylic acid groups (broad SMARTS) is 1. The number of carboxylic acids is 1. The van der Waals surface area contributed by atoms with Gasteiger partial charge in [-0.2, -0.15) is 0 Å². The van der Waals surface area contributed by atoms with Crippen LogP contribution in [0.3, 0.4) is 0 Å².